The van der Waals surface area contributed by atoms with Crippen LogP contribution in [0.5, 0.6) is 0 Å². The maximum atomic E-state index is 10.9. The lowest BCUT2D eigenvalue weighted by Crippen LogP contribution is -2.58. The van der Waals surface area contributed by atoms with Gasteiger partial charge in [0.15, 0.2) is 0 Å². The Hall–Kier alpha value is -0.530. The summed E-state index contributed by atoms with van der Waals surface area (Å²) in [7, 11) is 0. The fraction of sp³-hybridized carbons (Fsp3) is 0.875. The molecule has 4 atom stereocenters. The van der Waals surface area contributed by atoms with Gasteiger partial charge >= 0.3 is 0 Å². The Balaban J connectivity index is 1.88. The van der Waals surface area contributed by atoms with E-state index in [1.165, 1.54) is 19.3 Å². The third-order valence-electron chi connectivity index (χ3n) is 3.57. The van der Waals surface area contributed by atoms with Crippen LogP contribution in [0.25, 0.3) is 0 Å². The lowest BCUT2D eigenvalue weighted by molar-refractivity contribution is -0.134. The van der Waals surface area contributed by atoms with Gasteiger partial charge in [0.05, 0.1) is 5.92 Å². The zero-order valence-electron chi connectivity index (χ0n) is 5.84. The molecule has 10 heavy (non-hydrogen) atoms. The van der Waals surface area contributed by atoms with Crippen molar-refractivity contribution in [2.45, 2.75) is 25.3 Å². The third kappa shape index (κ3) is 0.386. The van der Waals surface area contributed by atoms with Gasteiger partial charge in [-0.25, -0.2) is 0 Å². The molecule has 1 heterocycles. The molecular formula is C8H11NO. The topological polar surface area (TPSA) is 29.1 Å². The maximum absolute atomic E-state index is 10.9. The Labute approximate surface area is 60.0 Å². The quantitative estimate of drug-likeness (QED) is 0.485. The zero-order valence-corrected chi connectivity index (χ0v) is 5.84. The van der Waals surface area contributed by atoms with Crippen molar-refractivity contribution < 1.29 is 4.79 Å². The Morgan fingerprint density at radius 3 is 2.80 bits per heavy atom. The summed E-state index contributed by atoms with van der Waals surface area (Å²) < 4.78 is 0. The zero-order chi connectivity index (χ0) is 6.72. The van der Waals surface area contributed by atoms with Crippen LogP contribution in [0, 0.1) is 17.8 Å². The van der Waals surface area contributed by atoms with Gasteiger partial charge in [0.25, 0.3) is 0 Å². The number of fused-ring (bicyclic) bond motifs is 3. The molecule has 1 aliphatic heterocycles. The monoisotopic (exact) mass is 137 g/mol. The number of hydrogen-bond acceptors (Lipinski definition) is 1. The highest BCUT2D eigenvalue weighted by Gasteiger charge is 2.56. The van der Waals surface area contributed by atoms with Crippen LogP contribution in [0.1, 0.15) is 19.3 Å². The van der Waals surface area contributed by atoms with Crippen LogP contribution in [0.15, 0.2) is 0 Å². The molecule has 54 valence electrons. The predicted molar refractivity (Wildman–Crippen MR) is 36.3 cm³/mol. The average molecular weight is 137 g/mol. The van der Waals surface area contributed by atoms with Gasteiger partial charge in [-0.3, -0.25) is 4.79 Å². The number of hydrogen-bond donors (Lipinski definition) is 1. The Morgan fingerprint density at radius 2 is 2.30 bits per heavy atom. The van der Waals surface area contributed by atoms with E-state index in [1.54, 1.807) is 0 Å². The first-order valence-electron chi connectivity index (χ1n) is 4.16. The van der Waals surface area contributed by atoms with Gasteiger partial charge in [-0.15, -0.1) is 0 Å². The highest BCUT2D eigenvalue weighted by molar-refractivity contribution is 5.86. The summed E-state index contributed by atoms with van der Waals surface area (Å²) in [6.45, 7) is 0. The second-order valence-electron chi connectivity index (χ2n) is 3.88. The molecule has 0 aromatic heterocycles. The van der Waals surface area contributed by atoms with E-state index in [9.17, 15) is 4.79 Å². The molecule has 0 aromatic rings. The fourth-order valence-electron chi connectivity index (χ4n) is 2.78. The van der Waals surface area contributed by atoms with Crippen LogP contribution in [-0.2, 0) is 4.79 Å². The molecule has 0 radical (unpaired) electrons. The molecule has 2 heteroatoms. The van der Waals surface area contributed by atoms with Crippen LogP contribution < -0.4 is 5.32 Å². The van der Waals surface area contributed by atoms with Gasteiger partial charge in [-0.2, -0.15) is 0 Å². The first-order chi connectivity index (χ1) is 4.86. The molecule has 3 aliphatic rings. The Bertz CT molecular complexity index is 201. The molecule has 1 N–H and O–H groups in total. The normalized spacial score (nSPS) is 55.8. The van der Waals surface area contributed by atoms with Crippen LogP contribution in [-0.4, -0.2) is 11.9 Å². The molecule has 2 aliphatic carbocycles. The summed E-state index contributed by atoms with van der Waals surface area (Å²) in [4.78, 5) is 10.9. The number of rotatable bonds is 0. The third-order valence-corrected chi connectivity index (χ3v) is 3.57. The minimum absolute atomic E-state index is 0.319. The summed E-state index contributed by atoms with van der Waals surface area (Å²) in [6, 6.07) is 0.603. The first-order valence-corrected chi connectivity index (χ1v) is 4.16. The van der Waals surface area contributed by atoms with E-state index >= 15 is 0 Å². The van der Waals surface area contributed by atoms with E-state index in [1.807, 2.05) is 0 Å². The summed E-state index contributed by atoms with van der Waals surface area (Å²) in [5.41, 5.74) is 0. The van der Waals surface area contributed by atoms with Crippen molar-refractivity contribution in [2.24, 2.45) is 17.8 Å². The van der Waals surface area contributed by atoms with Crippen molar-refractivity contribution in [1.29, 1.82) is 0 Å². The lowest BCUT2D eigenvalue weighted by atomic mass is 9.74. The van der Waals surface area contributed by atoms with Gasteiger partial charge in [0.2, 0.25) is 5.91 Å². The van der Waals surface area contributed by atoms with E-state index in [2.05, 4.69) is 5.32 Å². The van der Waals surface area contributed by atoms with Crippen molar-refractivity contribution in [3.8, 4) is 0 Å². The summed E-state index contributed by atoms with van der Waals surface area (Å²) in [5.74, 6) is 2.54. The molecule has 0 unspecified atom stereocenters. The van der Waals surface area contributed by atoms with Crippen LogP contribution in [0.4, 0.5) is 0 Å². The highest BCUT2D eigenvalue weighted by atomic mass is 16.2. The Morgan fingerprint density at radius 1 is 1.40 bits per heavy atom. The molecule has 2 saturated carbocycles. The second kappa shape index (κ2) is 1.39. The molecule has 0 aromatic carbocycles. The van der Waals surface area contributed by atoms with Crippen LogP contribution in [0.2, 0.25) is 0 Å². The van der Waals surface area contributed by atoms with Gasteiger partial charge in [0.1, 0.15) is 0 Å². The highest BCUT2D eigenvalue weighted by Crippen LogP contribution is 2.52. The van der Waals surface area contributed by atoms with Gasteiger partial charge in [-0.1, -0.05) is 0 Å². The predicted octanol–water partition coefficient (Wildman–Crippen LogP) is 0.531. The largest absolute Gasteiger partial charge is 0.352 e. The second-order valence-corrected chi connectivity index (χ2v) is 3.88. The lowest BCUT2D eigenvalue weighted by Gasteiger charge is -2.38. The van der Waals surface area contributed by atoms with Crippen LogP contribution >= 0.6 is 0 Å². The number of β-lactam (4-membered cyclic amide) rings is 1. The molecule has 1 saturated heterocycles. The van der Waals surface area contributed by atoms with Crippen LogP contribution in [0.3, 0.4) is 0 Å². The van der Waals surface area contributed by atoms with E-state index in [0.717, 1.165) is 11.8 Å². The van der Waals surface area contributed by atoms with Crippen molar-refractivity contribution in [2.75, 3.05) is 0 Å². The Kier molecular flexibility index (Phi) is 0.715. The fourth-order valence-corrected chi connectivity index (χ4v) is 2.78. The molecule has 3 fully saturated rings. The van der Waals surface area contributed by atoms with E-state index in [4.69, 9.17) is 0 Å². The minimum atomic E-state index is 0.319. The van der Waals surface area contributed by atoms with Gasteiger partial charge < -0.3 is 5.32 Å². The number of carbonyl (C=O) groups excluding carboxylic acids is 1. The summed E-state index contributed by atoms with van der Waals surface area (Å²) >= 11 is 0. The van der Waals surface area contributed by atoms with E-state index in [0.29, 0.717) is 17.9 Å². The van der Waals surface area contributed by atoms with E-state index in [-0.39, 0.29) is 0 Å². The smallest absolute Gasteiger partial charge is 0.225 e. The average Bonchev–Trinajstić information content (AvgIpc) is 2.01. The van der Waals surface area contributed by atoms with Gasteiger partial charge in [0, 0.05) is 6.04 Å². The molecule has 0 spiro atoms. The van der Waals surface area contributed by atoms with Crippen molar-refractivity contribution in [3.05, 3.63) is 0 Å². The van der Waals surface area contributed by atoms with Crippen molar-refractivity contribution in [3.63, 3.8) is 0 Å². The van der Waals surface area contributed by atoms with E-state index < -0.39 is 0 Å². The molecule has 1 amide bonds. The molecule has 2 nitrogen and oxygen atoms in total. The first kappa shape index (κ1) is 5.16. The maximum Gasteiger partial charge on any atom is 0.225 e. The molecule has 3 rings (SSSR count). The summed E-state index contributed by atoms with van der Waals surface area (Å²) in [6.07, 6.45) is 3.94. The van der Waals surface area contributed by atoms with Crippen molar-refractivity contribution in [1.82, 2.24) is 5.32 Å². The number of amides is 1. The molecule has 0 bridgehead atoms. The van der Waals surface area contributed by atoms with Crippen molar-refractivity contribution >= 4 is 5.91 Å². The standard InChI is InChI=1S/C8H11NO/c10-8-6-3-4-1-2-5(4)7(6)9-8/h4-7H,1-3H2,(H,9,10)/t4-,5+,6+,7+/m1/s1. The summed E-state index contributed by atoms with van der Waals surface area (Å²) in [5, 5.41) is 3.00. The van der Waals surface area contributed by atoms with Gasteiger partial charge in [-0.05, 0) is 31.1 Å². The molecular weight excluding hydrogens is 126 g/mol. The number of carbonyl (C=O) groups is 1. The SMILES string of the molecule is O=C1N[C@H]2[C@H]3CC[C@@H]3C[C@H]12. The number of nitrogens with one attached hydrogen (secondary N) is 1. The minimum Gasteiger partial charge on any atom is -0.352 e.